The molecule has 11 heavy (non-hydrogen) atoms. The van der Waals surface area contributed by atoms with Crippen LogP contribution in [-0.4, -0.2) is 19.1 Å². The molecule has 0 amide bonds. The average molecular weight is 157 g/mol. The van der Waals surface area contributed by atoms with Crippen molar-refractivity contribution in [2.24, 2.45) is 11.7 Å². The molecule has 3 nitrogen and oxygen atoms in total. The topological polar surface area (TPSA) is 52.3 Å². The van der Waals surface area contributed by atoms with Gasteiger partial charge < -0.3 is 10.5 Å². The highest BCUT2D eigenvalue weighted by Gasteiger charge is 2.17. The van der Waals surface area contributed by atoms with E-state index in [9.17, 15) is 4.79 Å². The van der Waals surface area contributed by atoms with E-state index in [1.54, 1.807) is 0 Å². The van der Waals surface area contributed by atoms with Gasteiger partial charge in [-0.1, -0.05) is 19.3 Å². The van der Waals surface area contributed by atoms with Gasteiger partial charge in [0.2, 0.25) is 0 Å². The molecule has 0 spiro atoms. The number of esters is 1. The highest BCUT2D eigenvalue weighted by molar-refractivity contribution is 5.71. The van der Waals surface area contributed by atoms with Gasteiger partial charge in [0, 0.05) is 0 Å². The lowest BCUT2D eigenvalue weighted by Crippen LogP contribution is -2.20. The molecule has 0 bridgehead atoms. The Hall–Kier alpha value is -0.570. The zero-order chi connectivity index (χ0) is 8.10. The first kappa shape index (κ1) is 8.53. The molecule has 64 valence electrons. The fraction of sp³-hybridized carbons (Fsp3) is 0.875. The summed E-state index contributed by atoms with van der Waals surface area (Å²) in [4.78, 5) is 10.6. The molecule has 3 heteroatoms. The molecule has 1 saturated carbocycles. The summed E-state index contributed by atoms with van der Waals surface area (Å²) in [6.07, 6.45) is 4.97. The van der Waals surface area contributed by atoms with Crippen LogP contribution in [0.25, 0.3) is 0 Å². The van der Waals surface area contributed by atoms with Crippen LogP contribution in [0.1, 0.15) is 25.7 Å². The molecule has 0 aromatic heterocycles. The highest BCUT2D eigenvalue weighted by atomic mass is 16.5. The summed E-state index contributed by atoms with van der Waals surface area (Å²) in [6.45, 7) is 0.561. The predicted molar refractivity (Wildman–Crippen MR) is 42.0 cm³/mol. The SMILES string of the molecule is NCC(=O)OCCC1CCC1. The summed E-state index contributed by atoms with van der Waals surface area (Å²) in [5.41, 5.74) is 5.06. The number of carbonyl (C=O) groups excluding carboxylic acids is 1. The Kier molecular flexibility index (Phi) is 3.36. The molecule has 0 unspecified atom stereocenters. The van der Waals surface area contributed by atoms with Crippen molar-refractivity contribution in [1.82, 2.24) is 0 Å². The molecule has 2 N–H and O–H groups in total. The van der Waals surface area contributed by atoms with Crippen molar-refractivity contribution >= 4 is 5.97 Å². The fourth-order valence-corrected chi connectivity index (χ4v) is 1.18. The first-order valence-electron chi connectivity index (χ1n) is 4.18. The molecule has 1 aliphatic rings. The van der Waals surface area contributed by atoms with Crippen molar-refractivity contribution in [3.05, 3.63) is 0 Å². The van der Waals surface area contributed by atoms with Crippen LogP contribution >= 0.6 is 0 Å². The lowest BCUT2D eigenvalue weighted by molar-refractivity contribution is -0.142. The summed E-state index contributed by atoms with van der Waals surface area (Å²) >= 11 is 0. The second kappa shape index (κ2) is 4.34. The van der Waals surface area contributed by atoms with Crippen molar-refractivity contribution in [2.75, 3.05) is 13.2 Å². The number of hydrogen-bond donors (Lipinski definition) is 1. The first-order chi connectivity index (χ1) is 5.33. The Labute approximate surface area is 66.9 Å². The minimum Gasteiger partial charge on any atom is -0.465 e. The lowest BCUT2D eigenvalue weighted by atomic mass is 9.83. The van der Waals surface area contributed by atoms with Crippen LogP contribution < -0.4 is 5.73 Å². The van der Waals surface area contributed by atoms with Crippen LogP contribution in [0.15, 0.2) is 0 Å². The van der Waals surface area contributed by atoms with Crippen LogP contribution in [0.5, 0.6) is 0 Å². The van der Waals surface area contributed by atoms with Crippen LogP contribution in [0.4, 0.5) is 0 Å². The highest BCUT2D eigenvalue weighted by Crippen LogP contribution is 2.28. The zero-order valence-electron chi connectivity index (χ0n) is 6.71. The summed E-state index contributed by atoms with van der Waals surface area (Å²) in [5, 5.41) is 0. The van der Waals surface area contributed by atoms with Gasteiger partial charge in [0.25, 0.3) is 0 Å². The van der Waals surface area contributed by atoms with Crippen molar-refractivity contribution in [1.29, 1.82) is 0 Å². The quantitative estimate of drug-likeness (QED) is 0.610. The standard InChI is InChI=1S/C8H15NO2/c9-6-8(10)11-5-4-7-2-1-3-7/h7H,1-6,9H2. The third-order valence-electron chi connectivity index (χ3n) is 2.18. The van der Waals surface area contributed by atoms with E-state index in [0.717, 1.165) is 12.3 Å². The van der Waals surface area contributed by atoms with Gasteiger partial charge in [-0.15, -0.1) is 0 Å². The molecule has 0 aliphatic heterocycles. The Morgan fingerprint density at radius 3 is 2.73 bits per heavy atom. The minimum atomic E-state index is -0.288. The maximum Gasteiger partial charge on any atom is 0.319 e. The van der Waals surface area contributed by atoms with E-state index in [4.69, 9.17) is 10.5 Å². The van der Waals surface area contributed by atoms with Gasteiger partial charge >= 0.3 is 5.97 Å². The number of nitrogens with two attached hydrogens (primary N) is 1. The van der Waals surface area contributed by atoms with Gasteiger partial charge in [-0.2, -0.15) is 0 Å². The molecule has 1 rings (SSSR count). The van der Waals surface area contributed by atoms with E-state index < -0.39 is 0 Å². The van der Waals surface area contributed by atoms with Crippen LogP contribution in [-0.2, 0) is 9.53 Å². The third-order valence-corrected chi connectivity index (χ3v) is 2.18. The van der Waals surface area contributed by atoms with Crippen LogP contribution in [0.3, 0.4) is 0 Å². The Bertz CT molecular complexity index is 132. The van der Waals surface area contributed by atoms with E-state index in [1.807, 2.05) is 0 Å². The Morgan fingerprint density at radius 2 is 2.27 bits per heavy atom. The maximum absolute atomic E-state index is 10.6. The molecule has 0 radical (unpaired) electrons. The molecular formula is C8H15NO2. The van der Waals surface area contributed by atoms with Crippen molar-refractivity contribution in [3.63, 3.8) is 0 Å². The van der Waals surface area contributed by atoms with Gasteiger partial charge in [0.15, 0.2) is 0 Å². The lowest BCUT2D eigenvalue weighted by Gasteiger charge is -2.24. The predicted octanol–water partition coefficient (Wildman–Crippen LogP) is 0.678. The van der Waals surface area contributed by atoms with Gasteiger partial charge in [-0.3, -0.25) is 4.79 Å². The molecule has 0 heterocycles. The first-order valence-corrected chi connectivity index (χ1v) is 4.18. The van der Waals surface area contributed by atoms with Crippen molar-refractivity contribution < 1.29 is 9.53 Å². The van der Waals surface area contributed by atoms with Gasteiger partial charge in [-0.05, 0) is 12.3 Å². The minimum absolute atomic E-state index is 0.00463. The molecule has 0 saturated heterocycles. The smallest absolute Gasteiger partial charge is 0.319 e. The van der Waals surface area contributed by atoms with E-state index in [0.29, 0.717) is 6.61 Å². The number of hydrogen-bond acceptors (Lipinski definition) is 3. The van der Waals surface area contributed by atoms with Gasteiger partial charge in [0.05, 0.1) is 13.2 Å². The number of rotatable bonds is 4. The molecule has 0 aromatic carbocycles. The van der Waals surface area contributed by atoms with Gasteiger partial charge in [0.1, 0.15) is 0 Å². The van der Waals surface area contributed by atoms with E-state index >= 15 is 0 Å². The molecule has 1 aliphatic carbocycles. The van der Waals surface area contributed by atoms with E-state index in [2.05, 4.69) is 0 Å². The summed E-state index contributed by atoms with van der Waals surface area (Å²) in [6, 6.07) is 0. The molecular weight excluding hydrogens is 142 g/mol. The average Bonchev–Trinajstić information content (AvgIpc) is 1.94. The van der Waals surface area contributed by atoms with Crippen molar-refractivity contribution in [3.8, 4) is 0 Å². The van der Waals surface area contributed by atoms with Crippen LogP contribution in [0.2, 0.25) is 0 Å². The largest absolute Gasteiger partial charge is 0.465 e. The maximum atomic E-state index is 10.6. The monoisotopic (exact) mass is 157 g/mol. The van der Waals surface area contributed by atoms with Crippen LogP contribution in [0, 0.1) is 5.92 Å². The number of ether oxygens (including phenoxy) is 1. The molecule has 0 aromatic rings. The Balaban J connectivity index is 1.90. The Morgan fingerprint density at radius 1 is 1.55 bits per heavy atom. The summed E-state index contributed by atoms with van der Waals surface area (Å²) in [5.74, 6) is 0.518. The summed E-state index contributed by atoms with van der Waals surface area (Å²) < 4.78 is 4.83. The normalized spacial score (nSPS) is 17.5. The second-order valence-electron chi connectivity index (χ2n) is 3.01. The summed E-state index contributed by atoms with van der Waals surface area (Å²) in [7, 11) is 0. The van der Waals surface area contributed by atoms with E-state index in [1.165, 1.54) is 19.3 Å². The third kappa shape index (κ3) is 2.89. The number of carbonyl (C=O) groups is 1. The molecule has 1 fully saturated rings. The fourth-order valence-electron chi connectivity index (χ4n) is 1.18. The zero-order valence-corrected chi connectivity index (χ0v) is 6.71. The van der Waals surface area contributed by atoms with Gasteiger partial charge in [-0.25, -0.2) is 0 Å². The second-order valence-corrected chi connectivity index (χ2v) is 3.01. The van der Waals surface area contributed by atoms with E-state index in [-0.39, 0.29) is 12.5 Å². The molecule has 0 atom stereocenters. The van der Waals surface area contributed by atoms with Crippen molar-refractivity contribution in [2.45, 2.75) is 25.7 Å².